The molecule has 6 rings (SSSR count). The van der Waals surface area contributed by atoms with E-state index in [1.807, 2.05) is 12.1 Å². The molecule has 13 heteroatoms. The molecule has 5 heterocycles. The first kappa shape index (κ1) is 25.3. The van der Waals surface area contributed by atoms with E-state index < -0.39 is 21.2 Å². The van der Waals surface area contributed by atoms with Gasteiger partial charge in [0.05, 0.1) is 15.5 Å². The van der Waals surface area contributed by atoms with Crippen molar-refractivity contribution in [2.75, 3.05) is 69.2 Å². The van der Waals surface area contributed by atoms with Gasteiger partial charge in [-0.15, -0.1) is 0 Å². The number of thioether (sulfide) groups is 1. The molecule has 2 atom stereocenters. The number of fused-ring (bicyclic) bond motifs is 1. The minimum atomic E-state index is -3.52. The Balaban J connectivity index is 1.24. The molecular weight excluding hydrogens is 526 g/mol. The van der Waals surface area contributed by atoms with E-state index in [9.17, 15) is 18.0 Å². The average molecular weight is 556 g/mol. The molecule has 2 amide bonds. The molecular formula is C25H29N7O4S2. The number of benzene rings is 1. The number of hydrogen-bond acceptors (Lipinski definition) is 10. The van der Waals surface area contributed by atoms with Gasteiger partial charge in [-0.05, 0) is 48.9 Å². The lowest BCUT2D eigenvalue weighted by Crippen LogP contribution is -2.45. The largest absolute Gasteiger partial charge is 0.354 e. The fourth-order valence-corrected chi connectivity index (χ4v) is 7.70. The quantitative estimate of drug-likeness (QED) is 0.541. The van der Waals surface area contributed by atoms with E-state index in [1.54, 1.807) is 34.6 Å². The second kappa shape index (κ2) is 9.95. The maximum Gasteiger partial charge on any atom is 0.290 e. The monoisotopic (exact) mass is 555 g/mol. The van der Waals surface area contributed by atoms with Crippen molar-refractivity contribution in [3.63, 3.8) is 0 Å². The average Bonchev–Trinajstić information content (AvgIpc) is 3.58. The molecule has 0 bridgehead atoms. The Hall–Kier alpha value is -3.00. The summed E-state index contributed by atoms with van der Waals surface area (Å²) in [6.45, 7) is 5.73. The van der Waals surface area contributed by atoms with E-state index in [-0.39, 0.29) is 11.8 Å². The van der Waals surface area contributed by atoms with Gasteiger partial charge in [-0.3, -0.25) is 14.9 Å². The van der Waals surface area contributed by atoms with Crippen molar-refractivity contribution >= 4 is 50.8 Å². The summed E-state index contributed by atoms with van der Waals surface area (Å²) in [6, 6.07) is 10.4. The normalized spacial score (nSPS) is 25.9. The molecule has 200 valence electrons. The van der Waals surface area contributed by atoms with Crippen LogP contribution in [0, 0.1) is 11.8 Å². The molecule has 4 aliphatic rings. The van der Waals surface area contributed by atoms with Gasteiger partial charge in [0.1, 0.15) is 5.82 Å². The maximum atomic E-state index is 13.1. The van der Waals surface area contributed by atoms with E-state index in [2.05, 4.69) is 27.1 Å². The molecule has 1 aromatic heterocycles. The highest BCUT2D eigenvalue weighted by atomic mass is 32.2. The highest BCUT2D eigenvalue weighted by Crippen LogP contribution is 2.36. The van der Waals surface area contributed by atoms with Gasteiger partial charge in [-0.1, -0.05) is 18.2 Å². The second-order valence-electron chi connectivity index (χ2n) is 10.2. The fourth-order valence-electron chi connectivity index (χ4n) is 5.46. The molecule has 11 nitrogen and oxygen atoms in total. The summed E-state index contributed by atoms with van der Waals surface area (Å²) in [5.41, 5.74) is 0.571. The Morgan fingerprint density at radius 3 is 2.26 bits per heavy atom. The van der Waals surface area contributed by atoms with Crippen LogP contribution < -0.4 is 15.1 Å². The van der Waals surface area contributed by atoms with Crippen LogP contribution in [0.25, 0.3) is 6.08 Å². The van der Waals surface area contributed by atoms with Crippen molar-refractivity contribution in [3.05, 3.63) is 47.0 Å². The number of nitrogens with one attached hydrogen (secondary N) is 1. The summed E-state index contributed by atoms with van der Waals surface area (Å²) in [5, 5.41) is 1.90. The number of hydrogen-bond donors (Lipinski definition) is 1. The van der Waals surface area contributed by atoms with Crippen LogP contribution in [0.2, 0.25) is 0 Å². The lowest BCUT2D eigenvalue weighted by atomic mass is 10.0. The summed E-state index contributed by atoms with van der Waals surface area (Å²) in [4.78, 5) is 40.7. The van der Waals surface area contributed by atoms with Gasteiger partial charge < -0.3 is 14.7 Å². The summed E-state index contributed by atoms with van der Waals surface area (Å²) in [6.07, 6.45) is 1.64. The van der Waals surface area contributed by atoms with E-state index in [4.69, 9.17) is 9.97 Å². The molecule has 0 radical (unpaired) electrons. The molecule has 38 heavy (non-hydrogen) atoms. The molecule has 4 fully saturated rings. The van der Waals surface area contributed by atoms with Crippen LogP contribution in [0.15, 0.2) is 46.2 Å². The Morgan fingerprint density at radius 2 is 1.63 bits per heavy atom. The first-order chi connectivity index (χ1) is 18.3. The van der Waals surface area contributed by atoms with E-state index in [1.165, 1.54) is 0 Å². The zero-order chi connectivity index (χ0) is 26.4. The predicted molar refractivity (Wildman–Crippen MR) is 145 cm³/mol. The summed E-state index contributed by atoms with van der Waals surface area (Å²) in [7, 11) is -1.43. The number of sulfonamides is 1. The van der Waals surface area contributed by atoms with Gasteiger partial charge in [-0.2, -0.15) is 9.29 Å². The lowest BCUT2D eigenvalue weighted by molar-refractivity contribution is -0.115. The van der Waals surface area contributed by atoms with Gasteiger partial charge in [0.25, 0.3) is 11.1 Å². The van der Waals surface area contributed by atoms with Crippen molar-refractivity contribution in [1.29, 1.82) is 0 Å². The Kier molecular flexibility index (Phi) is 6.62. The molecule has 4 saturated heterocycles. The SMILES string of the molecule is CN1CCN(c2cc(/C=C3\SC(=O)NC3=O)nc(N3CC4CN(S(=O)(=O)c5ccccc5)CC4C3)n2)CC1. The summed E-state index contributed by atoms with van der Waals surface area (Å²) >= 11 is 0.867. The van der Waals surface area contributed by atoms with Gasteiger partial charge in [0.2, 0.25) is 16.0 Å². The van der Waals surface area contributed by atoms with E-state index in [0.29, 0.717) is 47.6 Å². The first-order valence-corrected chi connectivity index (χ1v) is 14.9. The molecule has 2 aromatic rings. The number of anilines is 2. The van der Waals surface area contributed by atoms with Crippen molar-refractivity contribution < 1.29 is 18.0 Å². The number of likely N-dealkylation sites (N-methyl/N-ethyl adjacent to an activating group) is 1. The molecule has 1 aromatic carbocycles. The minimum Gasteiger partial charge on any atom is -0.354 e. The third-order valence-corrected chi connectivity index (χ3v) is 10.2. The number of piperazine rings is 1. The van der Waals surface area contributed by atoms with Crippen LogP contribution in [-0.4, -0.2) is 98.1 Å². The minimum absolute atomic E-state index is 0.181. The number of rotatable bonds is 5. The third kappa shape index (κ3) is 4.91. The van der Waals surface area contributed by atoms with Gasteiger partial charge in [-0.25, -0.2) is 13.4 Å². The smallest absolute Gasteiger partial charge is 0.290 e. The number of carbonyl (C=O) groups is 2. The molecule has 4 aliphatic heterocycles. The second-order valence-corrected chi connectivity index (χ2v) is 13.1. The summed E-state index contributed by atoms with van der Waals surface area (Å²) in [5.74, 6) is 1.29. The van der Waals surface area contributed by atoms with Gasteiger partial charge >= 0.3 is 0 Å². The number of amides is 2. The van der Waals surface area contributed by atoms with Gasteiger partial charge in [0.15, 0.2) is 0 Å². The lowest BCUT2D eigenvalue weighted by Gasteiger charge is -2.33. The predicted octanol–water partition coefficient (Wildman–Crippen LogP) is 1.31. The molecule has 2 unspecified atom stereocenters. The highest BCUT2D eigenvalue weighted by Gasteiger charge is 2.45. The van der Waals surface area contributed by atoms with Crippen molar-refractivity contribution in [1.82, 2.24) is 24.5 Å². The number of imide groups is 1. The molecule has 1 N–H and O–H groups in total. The molecule has 0 spiro atoms. The number of nitrogens with zero attached hydrogens (tertiary/aromatic N) is 6. The van der Waals surface area contributed by atoms with Crippen molar-refractivity contribution in [3.8, 4) is 0 Å². The zero-order valence-corrected chi connectivity index (χ0v) is 22.6. The van der Waals surface area contributed by atoms with Crippen molar-refractivity contribution in [2.45, 2.75) is 4.90 Å². The van der Waals surface area contributed by atoms with Crippen LogP contribution in [-0.2, 0) is 14.8 Å². The Labute approximate surface area is 225 Å². The van der Waals surface area contributed by atoms with Gasteiger partial charge in [0, 0.05) is 58.4 Å². The van der Waals surface area contributed by atoms with Crippen LogP contribution in [0.4, 0.5) is 16.6 Å². The Bertz CT molecular complexity index is 1380. The third-order valence-electron chi connectivity index (χ3n) is 7.59. The number of aromatic nitrogens is 2. The van der Waals surface area contributed by atoms with Crippen molar-refractivity contribution in [2.24, 2.45) is 11.8 Å². The Morgan fingerprint density at radius 1 is 0.947 bits per heavy atom. The maximum absolute atomic E-state index is 13.1. The van der Waals surface area contributed by atoms with E-state index in [0.717, 1.165) is 43.8 Å². The summed E-state index contributed by atoms with van der Waals surface area (Å²) < 4.78 is 27.9. The molecule has 0 saturated carbocycles. The highest BCUT2D eigenvalue weighted by molar-refractivity contribution is 8.18. The van der Waals surface area contributed by atoms with Crippen LogP contribution in [0.3, 0.4) is 0 Å². The first-order valence-electron chi connectivity index (χ1n) is 12.6. The topological polar surface area (TPSA) is 119 Å². The standard InChI is InChI=1S/C25H29N7O4S2/c1-29-7-9-30(10-8-29)22-12-19(11-21-23(33)28-25(34)37-21)26-24(27-22)31-13-17-15-32(16-18(17)14-31)38(35,36)20-5-3-2-4-6-20/h2-6,11-12,17-18H,7-10,13-16H2,1H3,(H,28,33,34)/b21-11-. The fraction of sp³-hybridized carbons (Fsp3) is 0.440. The van der Waals surface area contributed by atoms with Crippen LogP contribution >= 0.6 is 11.8 Å². The van der Waals surface area contributed by atoms with E-state index >= 15 is 0 Å². The van der Waals surface area contributed by atoms with Crippen LogP contribution in [0.5, 0.6) is 0 Å². The van der Waals surface area contributed by atoms with Crippen LogP contribution in [0.1, 0.15) is 5.69 Å². The zero-order valence-electron chi connectivity index (χ0n) is 21.0. The molecule has 0 aliphatic carbocycles. The number of carbonyl (C=O) groups excluding carboxylic acids is 2.